The zero-order valence-electron chi connectivity index (χ0n) is 11.8. The first-order valence-corrected chi connectivity index (χ1v) is 6.47. The van der Waals surface area contributed by atoms with Gasteiger partial charge in [-0.25, -0.2) is 13.8 Å². The van der Waals surface area contributed by atoms with Crippen molar-refractivity contribution in [3.05, 3.63) is 53.6 Å². The summed E-state index contributed by atoms with van der Waals surface area (Å²) in [6.07, 6.45) is -1.18. The molecule has 0 aliphatic rings. The third-order valence-corrected chi connectivity index (χ3v) is 2.87. The van der Waals surface area contributed by atoms with Gasteiger partial charge in [0, 0.05) is 7.05 Å². The Morgan fingerprint density at radius 3 is 2.52 bits per heavy atom. The van der Waals surface area contributed by atoms with Gasteiger partial charge in [0.1, 0.15) is 11.5 Å². The van der Waals surface area contributed by atoms with Crippen molar-refractivity contribution in [3.8, 4) is 11.5 Å². The lowest BCUT2D eigenvalue weighted by molar-refractivity contribution is 0.148. The van der Waals surface area contributed by atoms with Gasteiger partial charge < -0.3 is 10.1 Å². The second kappa shape index (κ2) is 6.83. The molecule has 21 heavy (non-hydrogen) atoms. The van der Waals surface area contributed by atoms with Crippen LogP contribution in [0.2, 0.25) is 0 Å². The van der Waals surface area contributed by atoms with E-state index in [1.54, 1.807) is 44.3 Å². The van der Waals surface area contributed by atoms with Crippen LogP contribution in [0, 0.1) is 6.92 Å². The van der Waals surface area contributed by atoms with Crippen LogP contribution in [0.5, 0.6) is 11.5 Å². The van der Waals surface area contributed by atoms with E-state index in [1.165, 1.54) is 12.4 Å². The van der Waals surface area contributed by atoms with Crippen LogP contribution in [0.3, 0.4) is 0 Å². The highest BCUT2D eigenvalue weighted by Crippen LogP contribution is 2.37. The molecule has 0 heterocycles. The summed E-state index contributed by atoms with van der Waals surface area (Å²) in [6.45, 7) is 1.80. The van der Waals surface area contributed by atoms with Gasteiger partial charge >= 0.3 is 0 Å². The van der Waals surface area contributed by atoms with E-state index in [9.17, 15) is 8.78 Å². The van der Waals surface area contributed by atoms with E-state index in [2.05, 4.69) is 10.3 Å². The summed E-state index contributed by atoms with van der Waals surface area (Å²) in [5, 5.41) is 2.74. The normalized spacial score (nSPS) is 11.1. The van der Waals surface area contributed by atoms with Gasteiger partial charge in [-0.15, -0.1) is 0 Å². The van der Waals surface area contributed by atoms with E-state index in [1.807, 2.05) is 6.07 Å². The molecule has 0 amide bonds. The molecule has 0 saturated heterocycles. The lowest BCUT2D eigenvalue weighted by Gasteiger charge is -2.13. The summed E-state index contributed by atoms with van der Waals surface area (Å²) < 4.78 is 32.0. The summed E-state index contributed by atoms with van der Waals surface area (Å²) in [5.74, 6) is 0.669. The first-order chi connectivity index (χ1) is 10.1. The Bertz CT molecular complexity index is 628. The molecule has 0 aromatic heterocycles. The summed E-state index contributed by atoms with van der Waals surface area (Å²) in [7, 11) is 1.69. The monoisotopic (exact) mass is 290 g/mol. The smallest absolute Gasteiger partial charge is 0.267 e. The summed E-state index contributed by atoms with van der Waals surface area (Å²) >= 11 is 0. The molecule has 110 valence electrons. The summed E-state index contributed by atoms with van der Waals surface area (Å²) in [5.41, 5.74) is 1.07. The second-order valence-electron chi connectivity index (χ2n) is 4.44. The van der Waals surface area contributed by atoms with E-state index < -0.39 is 6.43 Å². The number of nitrogens with one attached hydrogen (secondary N) is 1. The van der Waals surface area contributed by atoms with E-state index >= 15 is 0 Å². The SMILES string of the molecule is CN/C=N/c1cc(C(F)F)c(Oc2ccccc2)cc1C. The molecule has 0 bridgehead atoms. The van der Waals surface area contributed by atoms with Crippen LogP contribution in [0.15, 0.2) is 47.5 Å². The van der Waals surface area contributed by atoms with Gasteiger partial charge in [-0.1, -0.05) is 18.2 Å². The number of halogens is 2. The Hall–Kier alpha value is -2.43. The molecule has 0 aliphatic heterocycles. The zero-order valence-corrected chi connectivity index (χ0v) is 11.8. The van der Waals surface area contributed by atoms with Crippen LogP contribution >= 0.6 is 0 Å². The van der Waals surface area contributed by atoms with Crippen molar-refractivity contribution in [1.29, 1.82) is 0 Å². The number of ether oxygens (including phenoxy) is 1. The first kappa shape index (κ1) is 15.0. The number of hydrogen-bond donors (Lipinski definition) is 1. The molecule has 3 nitrogen and oxygen atoms in total. The molecule has 0 radical (unpaired) electrons. The Balaban J connectivity index is 2.40. The first-order valence-electron chi connectivity index (χ1n) is 6.47. The number of aryl methyl sites for hydroxylation is 1. The Morgan fingerprint density at radius 2 is 1.90 bits per heavy atom. The fourth-order valence-corrected chi connectivity index (χ4v) is 1.83. The topological polar surface area (TPSA) is 33.6 Å². The summed E-state index contributed by atoms with van der Waals surface area (Å²) in [4.78, 5) is 4.09. The van der Waals surface area contributed by atoms with Crippen LogP contribution in [0.25, 0.3) is 0 Å². The number of hydrogen-bond acceptors (Lipinski definition) is 2. The van der Waals surface area contributed by atoms with Crippen molar-refractivity contribution in [2.45, 2.75) is 13.3 Å². The minimum Gasteiger partial charge on any atom is -0.457 e. The highest BCUT2D eigenvalue weighted by atomic mass is 19.3. The largest absolute Gasteiger partial charge is 0.457 e. The van der Waals surface area contributed by atoms with Gasteiger partial charge in [0.2, 0.25) is 0 Å². The van der Waals surface area contributed by atoms with Crippen LogP contribution in [-0.2, 0) is 0 Å². The maximum Gasteiger partial charge on any atom is 0.267 e. The standard InChI is InChI=1S/C16H16F2N2O/c1-11-8-15(21-12-6-4-3-5-7-12)13(16(17)18)9-14(11)20-10-19-2/h3-10,16H,1-2H3,(H,19,20). The second-order valence-corrected chi connectivity index (χ2v) is 4.44. The third-order valence-electron chi connectivity index (χ3n) is 2.87. The molecular formula is C16H16F2N2O. The average molecular weight is 290 g/mol. The van der Waals surface area contributed by atoms with Crippen molar-refractivity contribution < 1.29 is 13.5 Å². The van der Waals surface area contributed by atoms with Crippen LogP contribution in [0.4, 0.5) is 14.5 Å². The Kier molecular flexibility index (Phi) is 4.87. The van der Waals surface area contributed by atoms with E-state index in [4.69, 9.17) is 4.74 Å². The molecule has 2 aromatic carbocycles. The molecule has 2 rings (SSSR count). The molecule has 5 heteroatoms. The quantitative estimate of drug-likeness (QED) is 0.644. The van der Waals surface area contributed by atoms with Crippen molar-refractivity contribution in [3.63, 3.8) is 0 Å². The predicted octanol–water partition coefficient (Wildman–Crippen LogP) is 4.60. The van der Waals surface area contributed by atoms with E-state index in [0.29, 0.717) is 11.4 Å². The number of nitrogens with zero attached hydrogens (tertiary/aromatic N) is 1. The molecule has 0 fully saturated rings. The molecule has 0 spiro atoms. The zero-order chi connectivity index (χ0) is 15.2. The number of para-hydroxylation sites is 1. The molecule has 0 unspecified atom stereocenters. The fourth-order valence-electron chi connectivity index (χ4n) is 1.83. The average Bonchev–Trinajstić information content (AvgIpc) is 2.47. The van der Waals surface area contributed by atoms with Crippen molar-refractivity contribution in [2.24, 2.45) is 4.99 Å². The maximum absolute atomic E-state index is 13.2. The molecule has 2 aromatic rings. The van der Waals surface area contributed by atoms with Crippen LogP contribution in [0.1, 0.15) is 17.6 Å². The van der Waals surface area contributed by atoms with Crippen LogP contribution in [-0.4, -0.2) is 13.4 Å². The third kappa shape index (κ3) is 3.78. The Morgan fingerprint density at radius 1 is 1.19 bits per heavy atom. The highest BCUT2D eigenvalue weighted by molar-refractivity contribution is 5.64. The highest BCUT2D eigenvalue weighted by Gasteiger charge is 2.17. The van der Waals surface area contributed by atoms with E-state index in [-0.39, 0.29) is 11.3 Å². The maximum atomic E-state index is 13.2. The number of aliphatic imine (C=N–C) groups is 1. The van der Waals surface area contributed by atoms with Gasteiger partial charge in [-0.3, -0.25) is 0 Å². The van der Waals surface area contributed by atoms with Crippen molar-refractivity contribution >= 4 is 12.0 Å². The van der Waals surface area contributed by atoms with Gasteiger partial charge in [0.05, 0.1) is 17.6 Å². The number of benzene rings is 2. The van der Waals surface area contributed by atoms with Crippen molar-refractivity contribution in [1.82, 2.24) is 5.32 Å². The molecule has 0 aliphatic carbocycles. The lowest BCUT2D eigenvalue weighted by atomic mass is 10.1. The number of alkyl halides is 2. The number of rotatable bonds is 5. The van der Waals surface area contributed by atoms with Gasteiger partial charge in [-0.05, 0) is 36.8 Å². The summed E-state index contributed by atoms with van der Waals surface area (Å²) in [6, 6.07) is 11.8. The minimum atomic E-state index is -2.63. The van der Waals surface area contributed by atoms with Crippen LogP contribution < -0.4 is 10.1 Å². The van der Waals surface area contributed by atoms with Crippen molar-refractivity contribution in [2.75, 3.05) is 7.05 Å². The minimum absolute atomic E-state index is 0.150. The molecular weight excluding hydrogens is 274 g/mol. The molecule has 1 N–H and O–H groups in total. The van der Waals surface area contributed by atoms with Gasteiger partial charge in [-0.2, -0.15) is 0 Å². The fraction of sp³-hybridized carbons (Fsp3) is 0.188. The van der Waals surface area contributed by atoms with E-state index in [0.717, 1.165) is 5.56 Å². The predicted molar refractivity (Wildman–Crippen MR) is 79.9 cm³/mol. The van der Waals surface area contributed by atoms with Gasteiger partial charge in [0.15, 0.2) is 0 Å². The lowest BCUT2D eigenvalue weighted by Crippen LogP contribution is -2.00. The molecule has 0 atom stereocenters. The van der Waals surface area contributed by atoms with Gasteiger partial charge in [0.25, 0.3) is 6.43 Å². The Labute approximate surface area is 122 Å². The molecule has 0 saturated carbocycles.